The predicted molar refractivity (Wildman–Crippen MR) is 80.0 cm³/mol. The molecule has 0 saturated carbocycles. The van der Waals surface area contributed by atoms with Crippen LogP contribution in [0.2, 0.25) is 0 Å². The molecule has 2 rings (SSSR count). The van der Waals surface area contributed by atoms with E-state index < -0.39 is 0 Å². The van der Waals surface area contributed by atoms with E-state index in [1.807, 2.05) is 68.1 Å². The van der Waals surface area contributed by atoms with Crippen LogP contribution in [0.5, 0.6) is 0 Å². The molecule has 0 saturated heterocycles. The highest BCUT2D eigenvalue weighted by molar-refractivity contribution is 5.75. The third-order valence-corrected chi connectivity index (χ3v) is 2.81. The number of carbonyl (C=O) groups excluding carboxylic acids is 1. The van der Waals surface area contributed by atoms with Gasteiger partial charge in [0.2, 0.25) is 6.54 Å². The van der Waals surface area contributed by atoms with Crippen LogP contribution in [0.1, 0.15) is 20.8 Å². The molecule has 104 valence electrons. The molecule has 3 heteroatoms. The fourth-order valence-corrected chi connectivity index (χ4v) is 2.05. The Hall–Kier alpha value is -2.16. The highest BCUT2D eigenvalue weighted by Gasteiger charge is 2.17. The number of nitrogens with zero attached hydrogens (tertiary/aromatic N) is 1. The highest BCUT2D eigenvalue weighted by Crippen LogP contribution is 2.15. The van der Waals surface area contributed by atoms with Gasteiger partial charge in [0.1, 0.15) is 0 Å². The minimum atomic E-state index is -0.200. The van der Waals surface area contributed by atoms with Crippen molar-refractivity contribution in [2.75, 3.05) is 0 Å². The van der Waals surface area contributed by atoms with Crippen molar-refractivity contribution in [2.24, 2.45) is 0 Å². The van der Waals surface area contributed by atoms with Crippen molar-refractivity contribution in [3.05, 3.63) is 54.9 Å². The second kappa shape index (κ2) is 5.87. The molecule has 1 aromatic carbocycles. The molecular weight excluding hydrogens is 248 g/mol. The SMILES string of the molecule is CC(C)(C)NC(=O)C[n+]1cccc(-c2ccccc2)c1. The molecule has 0 aliphatic rings. The van der Waals surface area contributed by atoms with Gasteiger partial charge in [-0.25, -0.2) is 0 Å². The first kappa shape index (κ1) is 14.3. The van der Waals surface area contributed by atoms with Crippen molar-refractivity contribution < 1.29 is 9.36 Å². The maximum Gasteiger partial charge on any atom is 0.286 e. The maximum atomic E-state index is 11.9. The largest absolute Gasteiger partial charge is 0.346 e. The van der Waals surface area contributed by atoms with E-state index in [0.29, 0.717) is 6.54 Å². The Kier molecular flexibility index (Phi) is 4.18. The molecule has 1 amide bonds. The molecule has 0 bridgehead atoms. The van der Waals surface area contributed by atoms with Crippen molar-refractivity contribution in [2.45, 2.75) is 32.9 Å². The first-order valence-corrected chi connectivity index (χ1v) is 6.80. The van der Waals surface area contributed by atoms with Gasteiger partial charge >= 0.3 is 0 Å². The Morgan fingerprint density at radius 3 is 2.35 bits per heavy atom. The zero-order valence-corrected chi connectivity index (χ0v) is 12.3. The van der Waals surface area contributed by atoms with E-state index in [-0.39, 0.29) is 11.4 Å². The summed E-state index contributed by atoms with van der Waals surface area (Å²) in [6.45, 7) is 6.28. The third-order valence-electron chi connectivity index (χ3n) is 2.81. The molecular formula is C17H21N2O+. The summed E-state index contributed by atoms with van der Waals surface area (Å²) in [5.41, 5.74) is 2.06. The van der Waals surface area contributed by atoms with Crippen molar-refractivity contribution >= 4 is 5.91 Å². The number of benzene rings is 1. The van der Waals surface area contributed by atoms with E-state index in [1.54, 1.807) is 0 Å². The summed E-state index contributed by atoms with van der Waals surface area (Å²) in [5, 5.41) is 2.97. The van der Waals surface area contributed by atoms with E-state index in [0.717, 1.165) is 11.1 Å². The lowest BCUT2D eigenvalue weighted by Gasteiger charge is -2.19. The van der Waals surface area contributed by atoms with Crippen LogP contribution in [0.25, 0.3) is 11.1 Å². The van der Waals surface area contributed by atoms with Crippen LogP contribution in [0.3, 0.4) is 0 Å². The summed E-state index contributed by atoms with van der Waals surface area (Å²) in [7, 11) is 0. The molecule has 0 fully saturated rings. The summed E-state index contributed by atoms with van der Waals surface area (Å²) < 4.78 is 1.91. The monoisotopic (exact) mass is 269 g/mol. The molecule has 0 atom stereocenters. The summed E-state index contributed by atoms with van der Waals surface area (Å²) in [5.74, 6) is 0.0210. The van der Waals surface area contributed by atoms with Crippen LogP contribution < -0.4 is 9.88 Å². The minimum Gasteiger partial charge on any atom is -0.346 e. The first-order valence-electron chi connectivity index (χ1n) is 6.80. The number of aromatic nitrogens is 1. The lowest BCUT2D eigenvalue weighted by atomic mass is 10.1. The molecule has 20 heavy (non-hydrogen) atoms. The molecule has 1 aromatic heterocycles. The number of hydrogen-bond acceptors (Lipinski definition) is 1. The number of carbonyl (C=O) groups is 1. The highest BCUT2D eigenvalue weighted by atomic mass is 16.2. The van der Waals surface area contributed by atoms with Gasteiger partial charge in [0.25, 0.3) is 5.91 Å². The number of hydrogen-bond donors (Lipinski definition) is 1. The first-order chi connectivity index (χ1) is 9.44. The Balaban J connectivity index is 2.13. The van der Waals surface area contributed by atoms with Crippen LogP contribution in [0.15, 0.2) is 54.9 Å². The molecule has 1 N–H and O–H groups in total. The van der Waals surface area contributed by atoms with E-state index in [9.17, 15) is 4.79 Å². The zero-order chi connectivity index (χ0) is 14.6. The molecule has 3 nitrogen and oxygen atoms in total. The number of amides is 1. The smallest absolute Gasteiger partial charge is 0.286 e. The second-order valence-electron chi connectivity index (χ2n) is 5.93. The Bertz CT molecular complexity index is 585. The van der Waals surface area contributed by atoms with Gasteiger partial charge in [0, 0.05) is 17.2 Å². The Morgan fingerprint density at radius 1 is 1.05 bits per heavy atom. The minimum absolute atomic E-state index is 0.0210. The third kappa shape index (κ3) is 4.19. The fraction of sp³-hybridized carbons (Fsp3) is 0.294. The van der Waals surface area contributed by atoms with Crippen LogP contribution in [0.4, 0.5) is 0 Å². The quantitative estimate of drug-likeness (QED) is 0.854. The topological polar surface area (TPSA) is 33.0 Å². The van der Waals surface area contributed by atoms with E-state index >= 15 is 0 Å². The molecule has 0 spiro atoms. The predicted octanol–water partition coefficient (Wildman–Crippen LogP) is 2.56. The van der Waals surface area contributed by atoms with E-state index in [2.05, 4.69) is 17.4 Å². The average molecular weight is 269 g/mol. The van der Waals surface area contributed by atoms with Crippen LogP contribution in [-0.2, 0) is 11.3 Å². The normalized spacial score (nSPS) is 11.2. The Labute approximate surface area is 120 Å². The van der Waals surface area contributed by atoms with Crippen molar-refractivity contribution in [1.29, 1.82) is 0 Å². The summed E-state index contributed by atoms with van der Waals surface area (Å²) >= 11 is 0. The van der Waals surface area contributed by atoms with Gasteiger partial charge in [-0.15, -0.1) is 0 Å². The standard InChI is InChI=1S/C17H20N2O/c1-17(2,3)18-16(20)13-19-11-7-10-15(12-19)14-8-5-4-6-9-14/h4-12H,13H2,1-3H3/p+1. The van der Waals surface area contributed by atoms with Crippen LogP contribution in [0, 0.1) is 0 Å². The molecule has 0 unspecified atom stereocenters. The van der Waals surface area contributed by atoms with Gasteiger partial charge in [0.05, 0.1) is 0 Å². The lowest BCUT2D eigenvalue weighted by molar-refractivity contribution is -0.684. The molecule has 0 aliphatic carbocycles. The van der Waals surface area contributed by atoms with Gasteiger partial charge in [-0.3, -0.25) is 4.79 Å². The summed E-state index contributed by atoms with van der Waals surface area (Å²) in [6, 6.07) is 14.2. The summed E-state index contributed by atoms with van der Waals surface area (Å²) in [4.78, 5) is 11.9. The molecule has 0 aliphatic heterocycles. The van der Waals surface area contributed by atoms with Crippen LogP contribution in [-0.4, -0.2) is 11.4 Å². The second-order valence-corrected chi connectivity index (χ2v) is 5.93. The lowest BCUT2D eigenvalue weighted by Crippen LogP contribution is -2.48. The van der Waals surface area contributed by atoms with Gasteiger partial charge < -0.3 is 5.32 Å². The Morgan fingerprint density at radius 2 is 1.70 bits per heavy atom. The van der Waals surface area contributed by atoms with Gasteiger partial charge in [-0.1, -0.05) is 30.3 Å². The van der Waals surface area contributed by atoms with E-state index in [1.165, 1.54) is 0 Å². The fourth-order valence-electron chi connectivity index (χ4n) is 2.05. The zero-order valence-electron chi connectivity index (χ0n) is 12.3. The van der Waals surface area contributed by atoms with Gasteiger partial charge in [-0.05, 0) is 32.4 Å². The van der Waals surface area contributed by atoms with Gasteiger partial charge in [0.15, 0.2) is 12.4 Å². The molecule has 2 aromatic rings. The van der Waals surface area contributed by atoms with E-state index in [4.69, 9.17) is 0 Å². The van der Waals surface area contributed by atoms with Gasteiger partial charge in [-0.2, -0.15) is 4.57 Å². The molecule has 0 radical (unpaired) electrons. The van der Waals surface area contributed by atoms with Crippen molar-refractivity contribution in [3.63, 3.8) is 0 Å². The van der Waals surface area contributed by atoms with Crippen molar-refractivity contribution in [1.82, 2.24) is 5.32 Å². The maximum absolute atomic E-state index is 11.9. The number of rotatable bonds is 3. The van der Waals surface area contributed by atoms with Crippen LogP contribution >= 0.6 is 0 Å². The van der Waals surface area contributed by atoms with Crippen molar-refractivity contribution in [3.8, 4) is 11.1 Å². The number of nitrogens with one attached hydrogen (secondary N) is 1. The number of pyridine rings is 1. The average Bonchev–Trinajstić information content (AvgIpc) is 2.38. The summed E-state index contributed by atoms with van der Waals surface area (Å²) in [6.07, 6.45) is 3.91. The molecule has 1 heterocycles.